The van der Waals surface area contributed by atoms with E-state index in [1.807, 2.05) is 0 Å². The quantitative estimate of drug-likeness (QED) is 0.110. The van der Waals surface area contributed by atoms with Crippen LogP contribution in [0.2, 0.25) is 0 Å². The van der Waals surface area contributed by atoms with Gasteiger partial charge in [-0.05, 0) is 122 Å². The molecule has 1 heterocycles. The van der Waals surface area contributed by atoms with Gasteiger partial charge >= 0.3 is 17.4 Å². The molecule has 0 amide bonds. The molecule has 1 atom stereocenters. The highest BCUT2D eigenvalue weighted by Crippen LogP contribution is 2.28. The van der Waals surface area contributed by atoms with Crippen molar-refractivity contribution >= 4 is 26.0 Å². The van der Waals surface area contributed by atoms with Crippen molar-refractivity contribution in [3.63, 3.8) is 0 Å². The van der Waals surface area contributed by atoms with Gasteiger partial charge in [-0.1, -0.05) is 135 Å². The molecule has 0 spiro atoms. The minimum absolute atomic E-state index is 0.00342. The monoisotopic (exact) mass is 806 g/mol. The average molecular weight is 806 g/mol. The number of hydrogen-bond donors (Lipinski definition) is 0. The molecule has 7 nitrogen and oxygen atoms in total. The van der Waals surface area contributed by atoms with Crippen molar-refractivity contribution in [2.24, 2.45) is 11.3 Å². The van der Waals surface area contributed by atoms with Crippen LogP contribution < -0.4 is 0 Å². The Morgan fingerprint density at radius 2 is 1.00 bits per heavy atom. The van der Waals surface area contributed by atoms with Crippen LogP contribution in [0.4, 0.5) is 9.59 Å². The Morgan fingerprint density at radius 1 is 0.643 bits per heavy atom. The Morgan fingerprint density at radius 3 is 1.39 bits per heavy atom. The van der Waals surface area contributed by atoms with Crippen LogP contribution >= 0.6 is 8.58 Å². The van der Waals surface area contributed by atoms with E-state index in [0.717, 1.165) is 90.0 Å². The number of carbonyl (C=O) groups is 3. The van der Waals surface area contributed by atoms with Crippen LogP contribution in [0.25, 0.3) is 0 Å². The maximum Gasteiger partial charge on any atom is 0.334 e. The highest BCUT2D eigenvalue weighted by atomic mass is 31.1. The minimum atomic E-state index is -0.553. The molecule has 1 rings (SSSR count). The molecular formula is C48H88NO6P. The summed E-state index contributed by atoms with van der Waals surface area (Å²) >= 11 is 0. The van der Waals surface area contributed by atoms with Gasteiger partial charge in [0.2, 0.25) is 0 Å². The fraction of sp³-hybridized carbons (Fsp3) is 0.854. The van der Waals surface area contributed by atoms with E-state index in [4.69, 9.17) is 14.2 Å². The lowest BCUT2D eigenvalue weighted by Crippen LogP contribution is -2.31. The summed E-state index contributed by atoms with van der Waals surface area (Å²) in [6.45, 7) is 8.62. The second-order valence-corrected chi connectivity index (χ2v) is 18.9. The number of nitrogens with zero attached hydrogens (tertiary/aromatic N) is 1. The van der Waals surface area contributed by atoms with E-state index in [2.05, 4.69) is 64.1 Å². The maximum atomic E-state index is 13.1. The van der Waals surface area contributed by atoms with Crippen LogP contribution in [0.3, 0.4) is 0 Å². The number of carbonyl (C=O) groups excluding carboxylic acids is 3. The van der Waals surface area contributed by atoms with Gasteiger partial charge in [0.05, 0.1) is 13.2 Å². The molecule has 0 aromatic heterocycles. The first kappa shape index (κ1) is 52.3. The van der Waals surface area contributed by atoms with Crippen LogP contribution in [0, 0.1) is 11.3 Å². The molecule has 0 aromatic carbocycles. The van der Waals surface area contributed by atoms with Crippen molar-refractivity contribution in [2.45, 2.75) is 219 Å². The Bertz CT molecular complexity index is 971. The SMILES string of the molecule is CC(CC(=O)OC1CCCCCCCC/C=C\CCCCCCCOC(=O)PC(=O)OCCCCCCC/C=C\CCCCCCCC1)CC(C)(C)CN(C)C. The second-order valence-electron chi connectivity index (χ2n) is 17.9. The molecule has 0 bridgehead atoms. The van der Waals surface area contributed by atoms with Crippen molar-refractivity contribution in [1.82, 2.24) is 4.90 Å². The summed E-state index contributed by atoms with van der Waals surface area (Å²) in [5.41, 5.74) is -0.711. The summed E-state index contributed by atoms with van der Waals surface area (Å²) in [7, 11) is 3.69. The standard InChI is InChI=1S/C48H88NO6P/c1-43(41-48(2,3)42-49(4)5)40-45(50)55-44-36-32-28-24-20-16-12-8-6-10-14-18-22-26-30-34-38-53-46(51)56-47(52)54-39-35-31-27-23-19-15-11-7-9-13-17-21-25-29-33-37-44/h6-7,10-11,43-44,56H,8-9,12-42H2,1-5H3/b10-6-,11-7-. The predicted octanol–water partition coefficient (Wildman–Crippen LogP) is 14.9. The first-order chi connectivity index (χ1) is 27.1. The smallest absolute Gasteiger partial charge is 0.334 e. The van der Waals surface area contributed by atoms with E-state index in [1.54, 1.807) is 0 Å². The summed E-state index contributed by atoms with van der Waals surface area (Å²) < 4.78 is 16.7. The third-order valence-corrected chi connectivity index (χ3v) is 11.5. The van der Waals surface area contributed by atoms with Crippen LogP contribution in [0.15, 0.2) is 24.3 Å². The number of cyclic esters (lactones) is 2. The number of rotatable bonds is 7. The highest BCUT2D eigenvalue weighted by Gasteiger charge is 2.25. The number of esters is 1. The fourth-order valence-corrected chi connectivity index (χ4v) is 8.66. The van der Waals surface area contributed by atoms with Gasteiger partial charge < -0.3 is 19.1 Å². The van der Waals surface area contributed by atoms with Gasteiger partial charge in [0.15, 0.2) is 0 Å². The molecule has 0 radical (unpaired) electrons. The first-order valence-corrected chi connectivity index (χ1v) is 24.3. The van der Waals surface area contributed by atoms with Crippen molar-refractivity contribution in [3.8, 4) is 0 Å². The zero-order valence-corrected chi connectivity index (χ0v) is 38.2. The van der Waals surface area contributed by atoms with E-state index >= 15 is 0 Å². The molecule has 56 heavy (non-hydrogen) atoms. The van der Waals surface area contributed by atoms with Crippen molar-refractivity contribution in [1.29, 1.82) is 0 Å². The van der Waals surface area contributed by atoms with Crippen LogP contribution in [0.1, 0.15) is 213 Å². The van der Waals surface area contributed by atoms with Crippen LogP contribution in [0.5, 0.6) is 0 Å². The molecule has 0 saturated heterocycles. The molecule has 0 saturated carbocycles. The second kappa shape index (κ2) is 36.4. The number of allylic oxidation sites excluding steroid dienone is 4. The maximum absolute atomic E-state index is 13.1. The summed E-state index contributed by atoms with van der Waals surface area (Å²) in [5.74, 6) is 0.329. The molecule has 0 aromatic rings. The molecule has 0 aliphatic carbocycles. The van der Waals surface area contributed by atoms with Crippen LogP contribution in [-0.4, -0.2) is 62.2 Å². The average Bonchev–Trinajstić information content (AvgIpc) is 3.12. The van der Waals surface area contributed by atoms with E-state index in [-0.39, 0.29) is 17.5 Å². The summed E-state index contributed by atoms with van der Waals surface area (Å²) in [5, 5.41) is 0. The van der Waals surface area contributed by atoms with Gasteiger partial charge in [-0.3, -0.25) is 4.79 Å². The lowest BCUT2D eigenvalue weighted by molar-refractivity contribution is -0.151. The largest absolute Gasteiger partial charge is 0.462 e. The summed E-state index contributed by atoms with van der Waals surface area (Å²) in [6.07, 6.45) is 43.4. The molecular weight excluding hydrogens is 718 g/mol. The minimum Gasteiger partial charge on any atom is -0.462 e. The van der Waals surface area contributed by atoms with Gasteiger partial charge in [-0.2, -0.15) is 0 Å². The van der Waals surface area contributed by atoms with Crippen molar-refractivity contribution in [2.75, 3.05) is 33.9 Å². The molecule has 0 N–H and O–H groups in total. The van der Waals surface area contributed by atoms with E-state index in [0.29, 0.717) is 25.6 Å². The highest BCUT2D eigenvalue weighted by molar-refractivity contribution is 7.72. The Labute approximate surface area is 347 Å². The van der Waals surface area contributed by atoms with Gasteiger partial charge in [0.1, 0.15) is 14.7 Å². The third-order valence-electron chi connectivity index (χ3n) is 10.8. The first-order valence-electron chi connectivity index (χ1n) is 23.3. The molecule has 326 valence electrons. The molecule has 0 fully saturated rings. The van der Waals surface area contributed by atoms with E-state index in [1.165, 1.54) is 103 Å². The third kappa shape index (κ3) is 35.4. The van der Waals surface area contributed by atoms with Crippen molar-refractivity contribution < 1.29 is 28.6 Å². The van der Waals surface area contributed by atoms with Gasteiger partial charge in [0.25, 0.3) is 0 Å². The van der Waals surface area contributed by atoms with E-state index < -0.39 is 20.0 Å². The Kier molecular flexibility index (Phi) is 34.0. The number of ether oxygens (including phenoxy) is 3. The van der Waals surface area contributed by atoms with Gasteiger partial charge in [0, 0.05) is 13.0 Å². The lowest BCUT2D eigenvalue weighted by Gasteiger charge is -2.31. The molecule has 1 aliphatic heterocycles. The van der Waals surface area contributed by atoms with Crippen molar-refractivity contribution in [3.05, 3.63) is 24.3 Å². The normalized spacial score (nSPS) is 23.6. The van der Waals surface area contributed by atoms with Gasteiger partial charge in [-0.15, -0.1) is 0 Å². The zero-order valence-electron chi connectivity index (χ0n) is 37.2. The number of hydrogen-bond acceptors (Lipinski definition) is 7. The van der Waals surface area contributed by atoms with Gasteiger partial charge in [-0.25, -0.2) is 9.59 Å². The summed E-state index contributed by atoms with van der Waals surface area (Å²) in [4.78, 5) is 39.3. The van der Waals surface area contributed by atoms with E-state index in [9.17, 15) is 14.4 Å². The lowest BCUT2D eigenvalue weighted by atomic mass is 9.82. The Balaban J connectivity index is 2.49. The predicted molar refractivity (Wildman–Crippen MR) is 239 cm³/mol. The summed E-state index contributed by atoms with van der Waals surface area (Å²) in [6, 6.07) is 0. The topological polar surface area (TPSA) is 82.1 Å². The molecule has 8 heteroatoms. The Hall–Kier alpha value is -1.72. The fourth-order valence-electron chi connectivity index (χ4n) is 8.15. The van der Waals surface area contributed by atoms with Crippen LogP contribution in [-0.2, 0) is 19.0 Å². The molecule has 1 aliphatic rings. The zero-order chi connectivity index (χ0) is 41.0. The molecule has 1 unspecified atom stereocenters.